The summed E-state index contributed by atoms with van der Waals surface area (Å²) in [4.78, 5) is 20.3. The Hall–Kier alpha value is -1.37. The lowest BCUT2D eigenvalue weighted by atomic mass is 10.1. The van der Waals surface area contributed by atoms with Crippen LogP contribution in [0.5, 0.6) is 0 Å². The van der Waals surface area contributed by atoms with Crippen molar-refractivity contribution in [2.45, 2.75) is 6.10 Å². The molecule has 2 N–H and O–H groups in total. The van der Waals surface area contributed by atoms with E-state index in [0.717, 1.165) is 12.1 Å². The second kappa shape index (κ2) is 4.65. The molecule has 0 saturated carbocycles. The fourth-order valence-electron chi connectivity index (χ4n) is 1.07. The van der Waals surface area contributed by atoms with Gasteiger partial charge in [-0.05, 0) is 6.07 Å². The maximum absolute atomic E-state index is 10.6. The van der Waals surface area contributed by atoms with E-state index in [4.69, 9.17) is 28.3 Å². The summed E-state index contributed by atoms with van der Waals surface area (Å²) in [6.45, 7) is 0. The zero-order valence-electron chi connectivity index (χ0n) is 7.55. The highest BCUT2D eigenvalue weighted by Crippen LogP contribution is 2.37. The summed E-state index contributed by atoms with van der Waals surface area (Å²) >= 11 is 11.1. The molecule has 1 aromatic rings. The molecule has 0 aliphatic heterocycles. The molecule has 8 heteroatoms. The molecule has 0 aliphatic carbocycles. The van der Waals surface area contributed by atoms with Crippen LogP contribution in [0.15, 0.2) is 12.1 Å². The van der Waals surface area contributed by atoms with Gasteiger partial charge in [-0.2, -0.15) is 0 Å². The van der Waals surface area contributed by atoms with Crippen LogP contribution in [0.25, 0.3) is 0 Å². The maximum Gasteiger partial charge on any atom is 0.337 e. The van der Waals surface area contributed by atoms with Gasteiger partial charge in [-0.3, -0.25) is 10.1 Å². The zero-order valence-corrected chi connectivity index (χ0v) is 9.07. The Morgan fingerprint density at radius 1 is 1.44 bits per heavy atom. The highest BCUT2D eigenvalue weighted by molar-refractivity contribution is 6.38. The van der Waals surface area contributed by atoms with Gasteiger partial charge in [0, 0.05) is 5.56 Å². The summed E-state index contributed by atoms with van der Waals surface area (Å²) in [5, 5.41) is 27.7. The number of aliphatic hydroxyl groups excluding tert-OH is 1. The largest absolute Gasteiger partial charge is 0.479 e. The normalized spacial score (nSPS) is 12.2. The summed E-state index contributed by atoms with van der Waals surface area (Å²) in [6.07, 6.45) is -1.93. The van der Waals surface area contributed by atoms with Crippen molar-refractivity contribution in [1.29, 1.82) is 0 Å². The summed E-state index contributed by atoms with van der Waals surface area (Å²) in [7, 11) is 0. The summed E-state index contributed by atoms with van der Waals surface area (Å²) in [5.41, 5.74) is -0.897. The van der Waals surface area contributed by atoms with Crippen LogP contribution in [-0.2, 0) is 4.79 Å². The lowest BCUT2D eigenvalue weighted by Crippen LogP contribution is -2.11. The standard InChI is InChI=1S/C8H5Cl2NO5/c9-4-2-1-3(7(12)8(13)14)5(10)6(4)11(15)16/h1-2,7,12H,(H,13,14). The van der Waals surface area contributed by atoms with E-state index in [1.165, 1.54) is 0 Å². The Bertz CT molecular complexity index is 462. The average molecular weight is 266 g/mol. The molecule has 86 valence electrons. The molecular formula is C8H5Cl2NO5. The van der Waals surface area contributed by atoms with Gasteiger partial charge in [0.1, 0.15) is 10.0 Å². The lowest BCUT2D eigenvalue weighted by Gasteiger charge is -2.08. The van der Waals surface area contributed by atoms with Gasteiger partial charge >= 0.3 is 11.7 Å². The minimum Gasteiger partial charge on any atom is -0.479 e. The van der Waals surface area contributed by atoms with Crippen LogP contribution < -0.4 is 0 Å². The van der Waals surface area contributed by atoms with Gasteiger partial charge in [0.25, 0.3) is 0 Å². The van der Waals surface area contributed by atoms with E-state index in [0.29, 0.717) is 0 Å². The van der Waals surface area contributed by atoms with E-state index in [2.05, 4.69) is 0 Å². The first-order chi connectivity index (χ1) is 7.36. The first kappa shape index (κ1) is 12.7. The smallest absolute Gasteiger partial charge is 0.337 e. The first-order valence-electron chi connectivity index (χ1n) is 3.89. The quantitative estimate of drug-likeness (QED) is 0.643. The molecule has 1 rings (SSSR count). The monoisotopic (exact) mass is 265 g/mol. The molecule has 0 heterocycles. The van der Waals surface area contributed by atoms with Crippen LogP contribution in [0.1, 0.15) is 11.7 Å². The summed E-state index contributed by atoms with van der Waals surface area (Å²) < 4.78 is 0. The van der Waals surface area contributed by atoms with E-state index < -0.39 is 27.7 Å². The number of benzene rings is 1. The Labute approximate surface area is 99.2 Å². The molecule has 0 bridgehead atoms. The van der Waals surface area contributed by atoms with Gasteiger partial charge < -0.3 is 10.2 Å². The van der Waals surface area contributed by atoms with E-state index in [1.807, 2.05) is 0 Å². The van der Waals surface area contributed by atoms with Gasteiger partial charge in [0.05, 0.1) is 4.92 Å². The van der Waals surface area contributed by atoms with Crippen LogP contribution >= 0.6 is 23.2 Å². The highest BCUT2D eigenvalue weighted by atomic mass is 35.5. The molecule has 0 saturated heterocycles. The molecule has 1 unspecified atom stereocenters. The van der Waals surface area contributed by atoms with E-state index in [9.17, 15) is 20.0 Å². The molecule has 6 nitrogen and oxygen atoms in total. The molecule has 0 amide bonds. The van der Waals surface area contributed by atoms with Crippen molar-refractivity contribution in [2.24, 2.45) is 0 Å². The third-order valence-corrected chi connectivity index (χ3v) is 2.51. The summed E-state index contributed by atoms with van der Waals surface area (Å²) in [5.74, 6) is -1.56. The molecule has 0 aromatic heterocycles. The number of hydrogen-bond acceptors (Lipinski definition) is 4. The van der Waals surface area contributed by atoms with Crippen molar-refractivity contribution >= 4 is 34.9 Å². The molecule has 0 fully saturated rings. The molecular weight excluding hydrogens is 261 g/mol. The molecule has 16 heavy (non-hydrogen) atoms. The van der Waals surface area contributed by atoms with Crippen LogP contribution in [0.4, 0.5) is 5.69 Å². The third-order valence-electron chi connectivity index (χ3n) is 1.81. The summed E-state index contributed by atoms with van der Waals surface area (Å²) in [6, 6.07) is 2.23. The number of rotatable bonds is 3. The van der Waals surface area contributed by atoms with Crippen LogP contribution in [-0.4, -0.2) is 21.1 Å². The first-order valence-corrected chi connectivity index (χ1v) is 4.65. The Kier molecular flexibility index (Phi) is 3.69. The van der Waals surface area contributed by atoms with E-state index in [-0.39, 0.29) is 10.6 Å². The van der Waals surface area contributed by atoms with Crippen molar-refractivity contribution in [2.75, 3.05) is 0 Å². The number of nitro groups is 1. The number of hydrogen-bond donors (Lipinski definition) is 2. The molecule has 0 aliphatic rings. The SMILES string of the molecule is O=C(O)C(O)c1ccc(Cl)c([N+](=O)[O-])c1Cl. The Morgan fingerprint density at radius 2 is 2.00 bits per heavy atom. The number of nitrogens with zero attached hydrogens (tertiary/aromatic N) is 1. The number of carboxylic acids is 1. The van der Waals surface area contributed by atoms with Crippen molar-refractivity contribution in [3.8, 4) is 0 Å². The minimum absolute atomic E-state index is 0.226. The second-order valence-corrected chi connectivity index (χ2v) is 3.58. The van der Waals surface area contributed by atoms with Gasteiger partial charge in [-0.1, -0.05) is 29.3 Å². The Morgan fingerprint density at radius 3 is 2.44 bits per heavy atom. The van der Waals surface area contributed by atoms with E-state index in [1.54, 1.807) is 0 Å². The number of aliphatic carboxylic acids is 1. The van der Waals surface area contributed by atoms with Crippen LogP contribution in [0, 0.1) is 10.1 Å². The van der Waals surface area contributed by atoms with Gasteiger partial charge in [0.15, 0.2) is 6.10 Å². The van der Waals surface area contributed by atoms with Gasteiger partial charge in [0.2, 0.25) is 0 Å². The highest BCUT2D eigenvalue weighted by Gasteiger charge is 2.27. The zero-order chi connectivity index (χ0) is 12.5. The number of nitro benzene ring substituents is 1. The predicted molar refractivity (Wildman–Crippen MR) is 55.7 cm³/mol. The van der Waals surface area contributed by atoms with Crippen molar-refractivity contribution in [3.05, 3.63) is 37.9 Å². The Balaban J connectivity index is 3.40. The number of aliphatic hydroxyl groups is 1. The number of carbonyl (C=O) groups is 1. The van der Waals surface area contributed by atoms with Crippen LogP contribution in [0.2, 0.25) is 10.0 Å². The fraction of sp³-hybridized carbons (Fsp3) is 0.125. The van der Waals surface area contributed by atoms with Gasteiger partial charge in [-0.25, -0.2) is 4.79 Å². The second-order valence-electron chi connectivity index (χ2n) is 2.80. The van der Waals surface area contributed by atoms with Crippen molar-refractivity contribution < 1.29 is 19.9 Å². The predicted octanol–water partition coefficient (Wildman–Crippen LogP) is 2.02. The average Bonchev–Trinajstić information content (AvgIpc) is 2.16. The molecule has 0 spiro atoms. The molecule has 0 radical (unpaired) electrons. The fourth-order valence-corrected chi connectivity index (χ4v) is 1.68. The molecule has 1 atom stereocenters. The number of carboxylic acid groups (broad SMARTS) is 1. The minimum atomic E-state index is -1.93. The van der Waals surface area contributed by atoms with E-state index >= 15 is 0 Å². The van der Waals surface area contributed by atoms with Crippen molar-refractivity contribution in [3.63, 3.8) is 0 Å². The lowest BCUT2D eigenvalue weighted by molar-refractivity contribution is -0.384. The third kappa shape index (κ3) is 2.24. The topological polar surface area (TPSA) is 101 Å². The maximum atomic E-state index is 10.6. The number of halogens is 2. The van der Waals surface area contributed by atoms with Crippen LogP contribution in [0.3, 0.4) is 0 Å². The molecule has 1 aromatic carbocycles. The van der Waals surface area contributed by atoms with Crippen molar-refractivity contribution in [1.82, 2.24) is 0 Å². The van der Waals surface area contributed by atoms with Gasteiger partial charge in [-0.15, -0.1) is 0 Å².